The molecule has 1 aliphatic heterocycles. The molecular weight excluding hydrogens is 270 g/mol. The number of methoxy groups -OCH3 is 1. The van der Waals surface area contributed by atoms with Gasteiger partial charge in [-0.1, -0.05) is 0 Å². The highest BCUT2D eigenvalue weighted by Gasteiger charge is 2.20. The van der Waals surface area contributed by atoms with Crippen LogP contribution in [0.15, 0.2) is 18.5 Å². The van der Waals surface area contributed by atoms with Crippen LogP contribution in [0.4, 0.5) is 0 Å². The largest absolute Gasteiger partial charge is 0.385 e. The Balaban J connectivity index is 1.96. The zero-order chi connectivity index (χ0) is 15.1. The van der Waals surface area contributed by atoms with Crippen molar-refractivity contribution < 1.29 is 14.3 Å². The van der Waals surface area contributed by atoms with E-state index in [0.717, 1.165) is 32.4 Å². The molecule has 6 heteroatoms. The van der Waals surface area contributed by atoms with E-state index in [1.165, 1.54) is 12.4 Å². The lowest BCUT2D eigenvalue weighted by molar-refractivity contribution is 0.0792. The average molecular weight is 291 g/mol. The highest BCUT2D eigenvalue weighted by atomic mass is 16.5. The number of amides is 2. The van der Waals surface area contributed by atoms with Gasteiger partial charge in [0.15, 0.2) is 0 Å². The first kappa shape index (κ1) is 15.4. The molecule has 21 heavy (non-hydrogen) atoms. The number of hydrogen-bond donors (Lipinski definition) is 1. The molecule has 0 radical (unpaired) electrons. The molecular formula is C15H21N3O3. The normalized spacial score (nSPS) is 14.2. The van der Waals surface area contributed by atoms with E-state index >= 15 is 0 Å². The molecule has 6 nitrogen and oxygen atoms in total. The van der Waals surface area contributed by atoms with Crippen LogP contribution in [0.25, 0.3) is 0 Å². The Hall–Kier alpha value is -1.95. The number of carbonyl (C=O) groups excluding carboxylic acids is 2. The fraction of sp³-hybridized carbons (Fsp3) is 0.533. The molecule has 1 aromatic rings. The van der Waals surface area contributed by atoms with Gasteiger partial charge in [-0.05, 0) is 25.3 Å². The summed E-state index contributed by atoms with van der Waals surface area (Å²) in [6.07, 6.45) is 5.83. The number of hydrogen-bond acceptors (Lipinski definition) is 4. The molecule has 1 fully saturated rings. The molecule has 0 bridgehead atoms. The maximum absolute atomic E-state index is 12.3. The third kappa shape index (κ3) is 4.26. The quantitative estimate of drug-likeness (QED) is 0.796. The van der Waals surface area contributed by atoms with Crippen molar-refractivity contribution in [3.63, 3.8) is 0 Å². The molecule has 0 saturated carbocycles. The SMILES string of the molecule is COCCCNC(=O)c1cncc(C(=O)N2CCCC2)c1. The number of carbonyl (C=O) groups is 2. The summed E-state index contributed by atoms with van der Waals surface area (Å²) in [6, 6.07) is 1.61. The van der Waals surface area contributed by atoms with E-state index in [4.69, 9.17) is 4.74 Å². The van der Waals surface area contributed by atoms with E-state index in [-0.39, 0.29) is 11.8 Å². The van der Waals surface area contributed by atoms with Crippen LogP contribution in [0.2, 0.25) is 0 Å². The fourth-order valence-electron chi connectivity index (χ4n) is 2.30. The standard InChI is InChI=1S/C15H21N3O3/c1-21-8-4-5-17-14(19)12-9-13(11-16-10-12)15(20)18-6-2-3-7-18/h9-11H,2-8H2,1H3,(H,17,19). The van der Waals surface area contributed by atoms with Gasteiger partial charge in [-0.15, -0.1) is 0 Å². The molecule has 2 heterocycles. The van der Waals surface area contributed by atoms with Gasteiger partial charge in [0.2, 0.25) is 0 Å². The minimum absolute atomic E-state index is 0.0472. The van der Waals surface area contributed by atoms with Crippen LogP contribution in [0.1, 0.15) is 40.0 Å². The maximum atomic E-state index is 12.3. The molecule has 1 saturated heterocycles. The summed E-state index contributed by atoms with van der Waals surface area (Å²) in [5, 5.41) is 2.79. The lowest BCUT2D eigenvalue weighted by atomic mass is 10.1. The van der Waals surface area contributed by atoms with E-state index in [0.29, 0.717) is 24.3 Å². The van der Waals surface area contributed by atoms with Gasteiger partial charge < -0.3 is 15.0 Å². The van der Waals surface area contributed by atoms with Crippen LogP contribution >= 0.6 is 0 Å². The molecule has 2 rings (SSSR count). The Morgan fingerprint density at radius 1 is 1.29 bits per heavy atom. The summed E-state index contributed by atoms with van der Waals surface area (Å²) in [7, 11) is 1.62. The predicted molar refractivity (Wildman–Crippen MR) is 78.2 cm³/mol. The smallest absolute Gasteiger partial charge is 0.255 e. The molecule has 0 atom stereocenters. The summed E-state index contributed by atoms with van der Waals surface area (Å²) in [4.78, 5) is 30.1. The van der Waals surface area contributed by atoms with Crippen molar-refractivity contribution in [2.24, 2.45) is 0 Å². The zero-order valence-electron chi connectivity index (χ0n) is 12.3. The van der Waals surface area contributed by atoms with Crippen LogP contribution in [0, 0.1) is 0 Å². The summed E-state index contributed by atoms with van der Waals surface area (Å²) in [5.74, 6) is -0.260. The number of pyridine rings is 1. The second kappa shape index (κ2) is 7.73. The summed E-state index contributed by atoms with van der Waals surface area (Å²) < 4.78 is 4.92. The minimum atomic E-state index is -0.213. The van der Waals surface area contributed by atoms with Gasteiger partial charge in [-0.25, -0.2) is 0 Å². The molecule has 1 N–H and O–H groups in total. The van der Waals surface area contributed by atoms with Crippen molar-refractivity contribution in [2.75, 3.05) is 33.4 Å². The maximum Gasteiger partial charge on any atom is 0.255 e. The van der Waals surface area contributed by atoms with Gasteiger partial charge in [0.25, 0.3) is 11.8 Å². The van der Waals surface area contributed by atoms with Gasteiger partial charge in [0, 0.05) is 45.7 Å². The van der Waals surface area contributed by atoms with Crippen molar-refractivity contribution in [2.45, 2.75) is 19.3 Å². The van der Waals surface area contributed by atoms with Crippen molar-refractivity contribution in [3.05, 3.63) is 29.6 Å². The lowest BCUT2D eigenvalue weighted by Crippen LogP contribution is -2.29. The Morgan fingerprint density at radius 3 is 2.71 bits per heavy atom. The first-order valence-electron chi connectivity index (χ1n) is 7.24. The number of nitrogens with zero attached hydrogens (tertiary/aromatic N) is 2. The fourth-order valence-corrected chi connectivity index (χ4v) is 2.30. The third-order valence-corrected chi connectivity index (χ3v) is 3.45. The Bertz CT molecular complexity index is 499. The lowest BCUT2D eigenvalue weighted by Gasteiger charge is -2.15. The molecule has 0 unspecified atom stereocenters. The van der Waals surface area contributed by atoms with Gasteiger partial charge in [0.05, 0.1) is 11.1 Å². The monoisotopic (exact) mass is 291 g/mol. The minimum Gasteiger partial charge on any atom is -0.385 e. The number of likely N-dealkylation sites (tertiary alicyclic amines) is 1. The second-order valence-corrected chi connectivity index (χ2v) is 5.06. The number of aromatic nitrogens is 1. The first-order chi connectivity index (χ1) is 10.2. The van der Waals surface area contributed by atoms with Gasteiger partial charge in [-0.3, -0.25) is 14.6 Å². The number of nitrogens with one attached hydrogen (secondary N) is 1. The Labute approximate surface area is 124 Å². The summed E-state index contributed by atoms with van der Waals surface area (Å²) in [6.45, 7) is 2.71. The van der Waals surface area contributed by atoms with E-state index in [2.05, 4.69) is 10.3 Å². The van der Waals surface area contributed by atoms with E-state index in [1.54, 1.807) is 18.1 Å². The second-order valence-electron chi connectivity index (χ2n) is 5.06. The van der Waals surface area contributed by atoms with Crippen LogP contribution in [0.3, 0.4) is 0 Å². The average Bonchev–Trinajstić information content (AvgIpc) is 3.05. The van der Waals surface area contributed by atoms with Crippen LogP contribution < -0.4 is 5.32 Å². The molecule has 1 aliphatic rings. The predicted octanol–water partition coefficient (Wildman–Crippen LogP) is 1.08. The molecule has 0 aromatic carbocycles. The van der Waals surface area contributed by atoms with Gasteiger partial charge in [0.1, 0.15) is 0 Å². The van der Waals surface area contributed by atoms with Crippen LogP contribution in [-0.4, -0.2) is 55.0 Å². The Morgan fingerprint density at radius 2 is 2.00 bits per heavy atom. The van der Waals surface area contributed by atoms with Crippen molar-refractivity contribution >= 4 is 11.8 Å². The topological polar surface area (TPSA) is 71.5 Å². The van der Waals surface area contributed by atoms with Crippen LogP contribution in [0.5, 0.6) is 0 Å². The molecule has 1 aromatic heterocycles. The molecule has 0 aliphatic carbocycles. The highest BCUT2D eigenvalue weighted by molar-refractivity contribution is 5.99. The molecule has 2 amide bonds. The van der Waals surface area contributed by atoms with Gasteiger partial charge >= 0.3 is 0 Å². The van der Waals surface area contributed by atoms with E-state index in [9.17, 15) is 9.59 Å². The number of rotatable bonds is 6. The van der Waals surface area contributed by atoms with Crippen molar-refractivity contribution in [3.8, 4) is 0 Å². The summed E-state index contributed by atoms with van der Waals surface area (Å²) in [5.41, 5.74) is 0.888. The van der Waals surface area contributed by atoms with E-state index in [1.807, 2.05) is 0 Å². The van der Waals surface area contributed by atoms with E-state index < -0.39 is 0 Å². The Kier molecular flexibility index (Phi) is 5.68. The van der Waals surface area contributed by atoms with Crippen molar-refractivity contribution in [1.29, 1.82) is 0 Å². The summed E-state index contributed by atoms with van der Waals surface area (Å²) >= 11 is 0. The zero-order valence-corrected chi connectivity index (χ0v) is 12.3. The van der Waals surface area contributed by atoms with Crippen molar-refractivity contribution in [1.82, 2.24) is 15.2 Å². The van der Waals surface area contributed by atoms with Gasteiger partial charge in [-0.2, -0.15) is 0 Å². The molecule has 0 spiro atoms. The third-order valence-electron chi connectivity index (χ3n) is 3.45. The first-order valence-corrected chi connectivity index (χ1v) is 7.24. The number of ether oxygens (including phenoxy) is 1. The molecule has 114 valence electrons. The highest BCUT2D eigenvalue weighted by Crippen LogP contribution is 2.13. The van der Waals surface area contributed by atoms with Crippen LogP contribution in [-0.2, 0) is 4.74 Å².